The van der Waals surface area contributed by atoms with Crippen LogP contribution in [0, 0.1) is 0 Å². The Labute approximate surface area is 115 Å². The minimum Gasteiger partial charge on any atom is -0.357 e. The number of likely N-dealkylation sites (N-methyl/N-ethyl adjacent to an activating group) is 1. The first-order valence-corrected chi connectivity index (χ1v) is 6.60. The Morgan fingerprint density at radius 3 is 2.94 bits per heavy atom. The summed E-state index contributed by atoms with van der Waals surface area (Å²) in [5, 5.41) is 2.90. The van der Waals surface area contributed by atoms with E-state index in [1.54, 1.807) is 18.1 Å². The number of hydrogen-bond donors (Lipinski definition) is 1. The van der Waals surface area contributed by atoms with Crippen molar-refractivity contribution in [1.29, 1.82) is 0 Å². The topological polar surface area (TPSA) is 61.4 Å². The molecule has 0 radical (unpaired) electrons. The molecule has 7 heteroatoms. The maximum atomic E-state index is 11.9. The first-order chi connectivity index (χ1) is 8.61. The first kappa shape index (κ1) is 13.1. The lowest BCUT2D eigenvalue weighted by atomic mass is 10.4. The van der Waals surface area contributed by atoms with Crippen LogP contribution in [0.1, 0.15) is 6.42 Å². The molecule has 1 fully saturated rings. The molecule has 2 heterocycles. The van der Waals surface area contributed by atoms with E-state index < -0.39 is 0 Å². The van der Waals surface area contributed by atoms with Crippen LogP contribution in [0.3, 0.4) is 0 Å². The number of nitrogens with one attached hydrogen (secondary N) is 1. The lowest BCUT2D eigenvalue weighted by molar-refractivity contribution is -0.127. The SMILES string of the molecule is CNc1ncc(Br)c(N2CCCN(C)C(=O)C2)n1. The third-order valence-electron chi connectivity index (χ3n) is 2.92. The Balaban J connectivity index is 2.27. The lowest BCUT2D eigenvalue weighted by Crippen LogP contribution is -2.35. The summed E-state index contributed by atoms with van der Waals surface area (Å²) in [7, 11) is 3.61. The van der Waals surface area contributed by atoms with E-state index in [-0.39, 0.29) is 5.91 Å². The molecule has 6 nitrogen and oxygen atoms in total. The van der Waals surface area contributed by atoms with Gasteiger partial charge in [0, 0.05) is 33.4 Å². The summed E-state index contributed by atoms with van der Waals surface area (Å²) in [4.78, 5) is 24.1. The van der Waals surface area contributed by atoms with Gasteiger partial charge in [-0.15, -0.1) is 0 Å². The minimum atomic E-state index is 0.115. The molecule has 1 aromatic rings. The van der Waals surface area contributed by atoms with Gasteiger partial charge in [0.2, 0.25) is 11.9 Å². The van der Waals surface area contributed by atoms with Crippen molar-refractivity contribution in [3.8, 4) is 0 Å². The molecule has 18 heavy (non-hydrogen) atoms. The molecule has 0 bridgehead atoms. The average Bonchev–Trinajstić information content (AvgIpc) is 2.53. The third-order valence-corrected chi connectivity index (χ3v) is 3.48. The van der Waals surface area contributed by atoms with E-state index in [0.717, 1.165) is 29.8 Å². The predicted molar refractivity (Wildman–Crippen MR) is 73.7 cm³/mol. The molecule has 1 aromatic heterocycles. The summed E-state index contributed by atoms with van der Waals surface area (Å²) in [5.41, 5.74) is 0. The van der Waals surface area contributed by atoms with E-state index in [0.29, 0.717) is 12.5 Å². The van der Waals surface area contributed by atoms with E-state index in [9.17, 15) is 4.79 Å². The molecule has 0 spiro atoms. The second-order valence-corrected chi connectivity index (χ2v) is 5.06. The second-order valence-electron chi connectivity index (χ2n) is 4.21. The summed E-state index contributed by atoms with van der Waals surface area (Å²) in [6.45, 7) is 1.96. The van der Waals surface area contributed by atoms with Crippen molar-refractivity contribution >= 4 is 33.6 Å². The van der Waals surface area contributed by atoms with E-state index in [2.05, 4.69) is 31.2 Å². The summed E-state index contributed by atoms with van der Waals surface area (Å²) in [5.74, 6) is 1.43. The van der Waals surface area contributed by atoms with Gasteiger partial charge < -0.3 is 15.1 Å². The second kappa shape index (κ2) is 5.51. The van der Waals surface area contributed by atoms with Gasteiger partial charge in [0.15, 0.2) is 0 Å². The fourth-order valence-electron chi connectivity index (χ4n) is 1.87. The number of aromatic nitrogens is 2. The van der Waals surface area contributed by atoms with Crippen molar-refractivity contribution in [2.75, 3.05) is 43.9 Å². The van der Waals surface area contributed by atoms with Crippen LogP contribution in [0.15, 0.2) is 10.7 Å². The molecular formula is C11H16BrN5O. The van der Waals surface area contributed by atoms with Crippen molar-refractivity contribution in [1.82, 2.24) is 14.9 Å². The van der Waals surface area contributed by atoms with Crippen LogP contribution in [0.2, 0.25) is 0 Å². The monoisotopic (exact) mass is 313 g/mol. The van der Waals surface area contributed by atoms with Crippen molar-refractivity contribution in [2.24, 2.45) is 0 Å². The highest BCUT2D eigenvalue weighted by Crippen LogP contribution is 2.25. The molecule has 1 aliphatic heterocycles. The Morgan fingerprint density at radius 1 is 1.44 bits per heavy atom. The van der Waals surface area contributed by atoms with Crippen molar-refractivity contribution in [3.05, 3.63) is 10.7 Å². The zero-order chi connectivity index (χ0) is 13.1. The molecule has 0 aromatic carbocycles. The van der Waals surface area contributed by atoms with Gasteiger partial charge in [0.1, 0.15) is 5.82 Å². The van der Waals surface area contributed by atoms with Crippen LogP contribution in [0.5, 0.6) is 0 Å². The fraction of sp³-hybridized carbons (Fsp3) is 0.545. The highest BCUT2D eigenvalue weighted by molar-refractivity contribution is 9.10. The van der Waals surface area contributed by atoms with Crippen molar-refractivity contribution in [3.63, 3.8) is 0 Å². The molecule has 0 unspecified atom stereocenters. The van der Waals surface area contributed by atoms with Gasteiger partial charge in [-0.1, -0.05) is 0 Å². The Hall–Kier alpha value is -1.37. The highest BCUT2D eigenvalue weighted by Gasteiger charge is 2.21. The average molecular weight is 314 g/mol. The molecule has 2 rings (SSSR count). The number of nitrogens with zero attached hydrogens (tertiary/aromatic N) is 4. The van der Waals surface area contributed by atoms with Crippen LogP contribution in [-0.4, -0.2) is 54.5 Å². The van der Waals surface area contributed by atoms with Gasteiger partial charge in [0.25, 0.3) is 0 Å². The molecule has 1 saturated heterocycles. The van der Waals surface area contributed by atoms with Crippen LogP contribution in [-0.2, 0) is 4.79 Å². The zero-order valence-electron chi connectivity index (χ0n) is 10.5. The number of rotatable bonds is 2. The predicted octanol–water partition coefficient (Wildman–Crippen LogP) is 0.949. The van der Waals surface area contributed by atoms with E-state index in [4.69, 9.17) is 0 Å². The van der Waals surface area contributed by atoms with Gasteiger partial charge in [-0.25, -0.2) is 4.98 Å². The van der Waals surface area contributed by atoms with Gasteiger partial charge in [0.05, 0.1) is 11.0 Å². The van der Waals surface area contributed by atoms with Crippen molar-refractivity contribution < 1.29 is 4.79 Å². The number of halogens is 1. The normalized spacial score (nSPS) is 16.7. The summed E-state index contributed by atoms with van der Waals surface area (Å²) in [6.07, 6.45) is 2.64. The highest BCUT2D eigenvalue weighted by atomic mass is 79.9. The lowest BCUT2D eigenvalue weighted by Gasteiger charge is -2.22. The van der Waals surface area contributed by atoms with Crippen LogP contribution >= 0.6 is 15.9 Å². The molecule has 0 saturated carbocycles. The van der Waals surface area contributed by atoms with Crippen LogP contribution in [0.4, 0.5) is 11.8 Å². The maximum Gasteiger partial charge on any atom is 0.241 e. The first-order valence-electron chi connectivity index (χ1n) is 5.81. The molecular weight excluding hydrogens is 298 g/mol. The summed E-state index contributed by atoms with van der Waals surface area (Å²) < 4.78 is 0.804. The number of carbonyl (C=O) groups is 1. The van der Waals surface area contributed by atoms with Crippen molar-refractivity contribution in [2.45, 2.75) is 6.42 Å². The molecule has 1 amide bonds. The number of anilines is 2. The Morgan fingerprint density at radius 2 is 2.22 bits per heavy atom. The molecule has 0 atom stereocenters. The molecule has 1 aliphatic rings. The zero-order valence-corrected chi connectivity index (χ0v) is 12.1. The van der Waals surface area contributed by atoms with E-state index >= 15 is 0 Å². The summed E-state index contributed by atoms with van der Waals surface area (Å²) in [6, 6.07) is 0. The molecule has 1 N–H and O–H groups in total. The van der Waals surface area contributed by atoms with Gasteiger partial charge in [-0.2, -0.15) is 4.98 Å². The van der Waals surface area contributed by atoms with Crippen LogP contribution in [0.25, 0.3) is 0 Å². The smallest absolute Gasteiger partial charge is 0.241 e. The third kappa shape index (κ3) is 2.72. The fourth-order valence-corrected chi connectivity index (χ4v) is 2.31. The molecule has 98 valence electrons. The van der Waals surface area contributed by atoms with Gasteiger partial charge in [-0.05, 0) is 22.4 Å². The standard InChI is InChI=1S/C11H16BrN5O/c1-13-11-14-6-8(12)10(15-11)17-5-3-4-16(2)9(18)7-17/h6H,3-5,7H2,1-2H3,(H,13,14,15). The van der Waals surface area contributed by atoms with Gasteiger partial charge in [-0.3, -0.25) is 4.79 Å². The van der Waals surface area contributed by atoms with Gasteiger partial charge >= 0.3 is 0 Å². The molecule has 0 aliphatic carbocycles. The minimum absolute atomic E-state index is 0.115. The number of carbonyl (C=O) groups excluding carboxylic acids is 1. The van der Waals surface area contributed by atoms with E-state index in [1.807, 2.05) is 11.9 Å². The van der Waals surface area contributed by atoms with E-state index in [1.165, 1.54) is 0 Å². The summed E-state index contributed by atoms with van der Waals surface area (Å²) >= 11 is 3.44. The Kier molecular flexibility index (Phi) is 4.00. The largest absolute Gasteiger partial charge is 0.357 e. The quantitative estimate of drug-likeness (QED) is 0.881. The Bertz CT molecular complexity index is 453. The number of hydrogen-bond acceptors (Lipinski definition) is 5. The maximum absolute atomic E-state index is 11.9. The van der Waals surface area contributed by atoms with Crippen LogP contribution < -0.4 is 10.2 Å². The number of amides is 1.